The van der Waals surface area contributed by atoms with E-state index in [4.69, 9.17) is 21.6 Å². The molecule has 1 aliphatic heterocycles. The van der Waals surface area contributed by atoms with Crippen molar-refractivity contribution in [3.8, 4) is 11.8 Å². The van der Waals surface area contributed by atoms with Crippen LogP contribution in [0.1, 0.15) is 17.5 Å². The summed E-state index contributed by atoms with van der Waals surface area (Å²) < 4.78 is 19.5. The minimum Gasteiger partial charge on any atom is -0.495 e. The molecule has 2 aromatic rings. The number of hydrogen-bond acceptors (Lipinski definition) is 4. The second-order valence-electron chi connectivity index (χ2n) is 6.74. The molecule has 0 saturated carbocycles. The van der Waals surface area contributed by atoms with E-state index in [0.717, 1.165) is 30.9 Å². The number of benzene rings is 2. The van der Waals surface area contributed by atoms with Gasteiger partial charge in [-0.15, -0.1) is 0 Å². The van der Waals surface area contributed by atoms with Crippen molar-refractivity contribution in [1.82, 2.24) is 10.6 Å². The molecule has 1 atom stereocenters. The standard InChI is InChI=1S/C21H23ClFN5O/c1-25-21(26-12-15-4-3-14(11-24)9-18(15)23)27-17-7-8-28(13-17)19-10-16(22)5-6-20(19)29-2/h3-6,9-10,17H,7-8,12-13H2,1-2H3,(H2,25,26,27). The lowest BCUT2D eigenvalue weighted by Gasteiger charge is -2.22. The van der Waals surface area contributed by atoms with Crippen molar-refractivity contribution in [3.05, 3.63) is 58.4 Å². The first-order valence-corrected chi connectivity index (χ1v) is 9.66. The van der Waals surface area contributed by atoms with Crippen LogP contribution in [0.5, 0.6) is 5.75 Å². The number of guanidine groups is 1. The summed E-state index contributed by atoms with van der Waals surface area (Å²) in [6, 6.07) is 12.1. The van der Waals surface area contributed by atoms with Crippen molar-refractivity contribution >= 4 is 23.2 Å². The van der Waals surface area contributed by atoms with Crippen molar-refractivity contribution in [3.63, 3.8) is 0 Å². The summed E-state index contributed by atoms with van der Waals surface area (Å²) in [5.74, 6) is 0.972. The van der Waals surface area contributed by atoms with E-state index >= 15 is 0 Å². The molecule has 1 fully saturated rings. The van der Waals surface area contributed by atoms with Gasteiger partial charge in [-0.05, 0) is 36.8 Å². The minimum atomic E-state index is -0.410. The Bertz CT molecular complexity index is 943. The molecule has 2 N–H and O–H groups in total. The predicted molar refractivity (Wildman–Crippen MR) is 113 cm³/mol. The maximum Gasteiger partial charge on any atom is 0.191 e. The maximum atomic E-state index is 14.1. The smallest absolute Gasteiger partial charge is 0.191 e. The van der Waals surface area contributed by atoms with E-state index in [9.17, 15) is 4.39 Å². The SMILES string of the molecule is CN=C(NCc1ccc(C#N)cc1F)NC1CCN(c2cc(Cl)ccc2OC)C1. The van der Waals surface area contributed by atoms with Gasteiger partial charge in [0.15, 0.2) is 5.96 Å². The van der Waals surface area contributed by atoms with E-state index in [1.165, 1.54) is 6.07 Å². The molecule has 1 unspecified atom stereocenters. The van der Waals surface area contributed by atoms with Gasteiger partial charge < -0.3 is 20.3 Å². The van der Waals surface area contributed by atoms with E-state index < -0.39 is 5.82 Å². The summed E-state index contributed by atoms with van der Waals surface area (Å²) in [4.78, 5) is 6.45. The molecule has 152 valence electrons. The number of nitrogens with zero attached hydrogens (tertiary/aromatic N) is 3. The Morgan fingerprint density at radius 2 is 2.21 bits per heavy atom. The van der Waals surface area contributed by atoms with Crippen molar-refractivity contribution in [2.45, 2.75) is 19.0 Å². The molecule has 0 amide bonds. The lowest BCUT2D eigenvalue weighted by molar-refractivity contribution is 0.415. The van der Waals surface area contributed by atoms with E-state index in [2.05, 4.69) is 20.5 Å². The Morgan fingerprint density at radius 3 is 2.90 bits per heavy atom. The molecule has 2 aromatic carbocycles. The summed E-state index contributed by atoms with van der Waals surface area (Å²) in [6.45, 7) is 1.90. The summed E-state index contributed by atoms with van der Waals surface area (Å²) in [5.41, 5.74) is 1.74. The summed E-state index contributed by atoms with van der Waals surface area (Å²) in [5, 5.41) is 16.0. The van der Waals surface area contributed by atoms with E-state index in [0.29, 0.717) is 22.1 Å². The second kappa shape index (κ2) is 9.48. The highest BCUT2D eigenvalue weighted by atomic mass is 35.5. The number of ether oxygens (including phenoxy) is 1. The number of nitriles is 1. The summed E-state index contributed by atoms with van der Waals surface area (Å²) >= 11 is 6.15. The fourth-order valence-corrected chi connectivity index (χ4v) is 3.50. The minimum absolute atomic E-state index is 0.177. The van der Waals surface area contributed by atoms with Crippen molar-refractivity contribution in [2.75, 3.05) is 32.1 Å². The van der Waals surface area contributed by atoms with Gasteiger partial charge in [0.2, 0.25) is 0 Å². The molecule has 3 rings (SSSR count). The number of anilines is 1. The average molecular weight is 416 g/mol. The summed E-state index contributed by atoms with van der Waals surface area (Å²) in [6.07, 6.45) is 0.918. The lowest BCUT2D eigenvalue weighted by Crippen LogP contribution is -2.44. The van der Waals surface area contributed by atoms with Gasteiger partial charge in [0.1, 0.15) is 11.6 Å². The molecule has 0 radical (unpaired) electrons. The highest BCUT2D eigenvalue weighted by molar-refractivity contribution is 6.30. The van der Waals surface area contributed by atoms with E-state index in [-0.39, 0.29) is 12.6 Å². The fraction of sp³-hybridized carbons (Fsp3) is 0.333. The Hall–Kier alpha value is -2.98. The molecule has 0 aromatic heterocycles. The number of hydrogen-bond donors (Lipinski definition) is 2. The van der Waals surface area contributed by atoms with Crippen molar-refractivity contribution in [1.29, 1.82) is 5.26 Å². The first-order chi connectivity index (χ1) is 14.0. The third-order valence-corrected chi connectivity index (χ3v) is 5.10. The van der Waals surface area contributed by atoms with Crippen LogP contribution >= 0.6 is 11.6 Å². The maximum absolute atomic E-state index is 14.1. The van der Waals surface area contributed by atoms with Gasteiger partial charge in [-0.1, -0.05) is 17.7 Å². The van der Waals surface area contributed by atoms with E-state index in [1.54, 1.807) is 26.3 Å². The number of methoxy groups -OCH3 is 1. The van der Waals surface area contributed by atoms with Crippen LogP contribution in [-0.4, -0.2) is 39.2 Å². The molecular formula is C21H23ClFN5O. The number of rotatable bonds is 5. The van der Waals surface area contributed by atoms with Crippen molar-refractivity contribution in [2.24, 2.45) is 4.99 Å². The average Bonchev–Trinajstić information content (AvgIpc) is 3.20. The molecule has 1 saturated heterocycles. The fourth-order valence-electron chi connectivity index (χ4n) is 3.33. The molecule has 1 heterocycles. The third kappa shape index (κ3) is 5.09. The Labute approximate surface area is 174 Å². The van der Waals surface area contributed by atoms with Gasteiger partial charge in [-0.2, -0.15) is 5.26 Å². The van der Waals surface area contributed by atoms with Crippen LogP contribution in [0.4, 0.5) is 10.1 Å². The van der Waals surface area contributed by atoms with Gasteiger partial charge in [-0.3, -0.25) is 4.99 Å². The molecule has 0 bridgehead atoms. The zero-order valence-corrected chi connectivity index (χ0v) is 17.1. The number of nitrogens with one attached hydrogen (secondary N) is 2. The number of halogens is 2. The van der Waals surface area contributed by atoms with Crippen LogP contribution in [0.25, 0.3) is 0 Å². The largest absolute Gasteiger partial charge is 0.495 e. The topological polar surface area (TPSA) is 72.7 Å². The first kappa shape index (κ1) is 20.7. The van der Waals surface area contributed by atoms with Crippen molar-refractivity contribution < 1.29 is 9.13 Å². The zero-order valence-electron chi connectivity index (χ0n) is 16.4. The molecule has 0 aliphatic carbocycles. The van der Waals surface area contributed by atoms with Gasteiger partial charge in [0.05, 0.1) is 24.4 Å². The van der Waals surface area contributed by atoms with Crippen LogP contribution in [0.2, 0.25) is 5.02 Å². The van der Waals surface area contributed by atoms with E-state index in [1.807, 2.05) is 24.3 Å². The highest BCUT2D eigenvalue weighted by Crippen LogP contribution is 2.33. The molecule has 6 nitrogen and oxygen atoms in total. The molecule has 1 aliphatic rings. The van der Waals surface area contributed by atoms with Gasteiger partial charge >= 0.3 is 0 Å². The van der Waals surface area contributed by atoms with Gasteiger partial charge in [0.25, 0.3) is 0 Å². The molecule has 8 heteroatoms. The van der Waals surface area contributed by atoms with Crippen LogP contribution in [0.15, 0.2) is 41.4 Å². The normalized spacial score (nSPS) is 16.4. The Morgan fingerprint density at radius 1 is 1.38 bits per heavy atom. The van der Waals surface area contributed by atoms with Gasteiger partial charge in [-0.25, -0.2) is 4.39 Å². The first-order valence-electron chi connectivity index (χ1n) is 9.28. The quantitative estimate of drug-likeness (QED) is 0.579. The summed E-state index contributed by atoms with van der Waals surface area (Å²) in [7, 11) is 3.32. The van der Waals surface area contributed by atoms with Crippen LogP contribution in [-0.2, 0) is 6.54 Å². The van der Waals surface area contributed by atoms with Crippen LogP contribution in [0, 0.1) is 17.1 Å². The number of aliphatic imine (C=N–C) groups is 1. The zero-order chi connectivity index (χ0) is 20.8. The second-order valence-corrected chi connectivity index (χ2v) is 7.17. The monoisotopic (exact) mass is 415 g/mol. The predicted octanol–water partition coefficient (Wildman–Crippen LogP) is 3.30. The lowest BCUT2D eigenvalue weighted by atomic mass is 10.1. The van der Waals surface area contributed by atoms with Crippen LogP contribution in [0.3, 0.4) is 0 Å². The Balaban J connectivity index is 1.59. The van der Waals surface area contributed by atoms with Gasteiger partial charge in [0, 0.05) is 43.3 Å². The highest BCUT2D eigenvalue weighted by Gasteiger charge is 2.25. The molecular weight excluding hydrogens is 393 g/mol. The van der Waals surface area contributed by atoms with Crippen LogP contribution < -0.4 is 20.3 Å². The Kier molecular flexibility index (Phi) is 6.78. The third-order valence-electron chi connectivity index (χ3n) is 4.86. The molecule has 29 heavy (non-hydrogen) atoms. The molecule has 0 spiro atoms.